The molecule has 0 spiro atoms. The van der Waals surface area contributed by atoms with Crippen LogP contribution in [0, 0.1) is 6.92 Å². The molecule has 194 valence electrons. The number of nitrogen functional groups attached to an aromatic ring is 1. The highest BCUT2D eigenvalue weighted by Gasteiger charge is 2.24. The van der Waals surface area contributed by atoms with Crippen molar-refractivity contribution < 1.29 is 35.5 Å². The van der Waals surface area contributed by atoms with Crippen molar-refractivity contribution in [2.24, 2.45) is 10.2 Å². The van der Waals surface area contributed by atoms with Crippen LogP contribution in [0.4, 0.5) is 16.6 Å². The van der Waals surface area contributed by atoms with E-state index in [0.717, 1.165) is 34.2 Å². The highest BCUT2D eigenvalue weighted by atomic mass is 32.2. The number of thiazole rings is 1. The lowest BCUT2D eigenvalue weighted by Crippen LogP contribution is -2.11. The molecule has 2 aromatic carbocycles. The fourth-order valence-corrected chi connectivity index (χ4v) is 5.25. The van der Waals surface area contributed by atoms with E-state index in [1.807, 2.05) is 0 Å². The summed E-state index contributed by atoms with van der Waals surface area (Å²) in [4.78, 5) is 14.9. The van der Waals surface area contributed by atoms with Crippen molar-refractivity contribution in [2.75, 3.05) is 12.3 Å². The molecule has 14 nitrogen and oxygen atoms in total. The average molecular weight is 567 g/mol. The Morgan fingerprint density at radius 1 is 1.11 bits per heavy atom. The van der Waals surface area contributed by atoms with Gasteiger partial charge in [0.05, 0.1) is 38.7 Å². The van der Waals surface area contributed by atoms with E-state index in [1.165, 1.54) is 6.92 Å². The number of aryl methyl sites for hydroxylation is 1. The van der Waals surface area contributed by atoms with Gasteiger partial charge in [-0.2, -0.15) is 21.9 Å². The number of benzene rings is 2. The largest absolute Gasteiger partial charge is 0.462 e. The molecule has 0 saturated carbocycles. The van der Waals surface area contributed by atoms with Crippen LogP contribution < -0.4 is 5.73 Å². The second-order valence-corrected chi connectivity index (χ2v) is 11.2. The molecule has 0 aliphatic heterocycles. The summed E-state index contributed by atoms with van der Waals surface area (Å²) in [5.41, 5.74) is 6.80. The molecule has 37 heavy (non-hydrogen) atoms. The summed E-state index contributed by atoms with van der Waals surface area (Å²) in [5.74, 6) is -0.705. The predicted molar refractivity (Wildman–Crippen MR) is 132 cm³/mol. The molecule has 0 amide bonds. The number of nitrogens with zero attached hydrogens (tertiary/aromatic N) is 5. The Morgan fingerprint density at radius 3 is 2.49 bits per heavy atom. The van der Waals surface area contributed by atoms with Gasteiger partial charge in [0, 0.05) is 0 Å². The van der Waals surface area contributed by atoms with Gasteiger partial charge in [-0.25, -0.2) is 14.5 Å². The Hall–Kier alpha value is -3.77. The van der Waals surface area contributed by atoms with E-state index in [4.69, 9.17) is 10.5 Å². The van der Waals surface area contributed by atoms with Gasteiger partial charge < -0.3 is 10.5 Å². The minimum absolute atomic E-state index is 0.0185. The summed E-state index contributed by atoms with van der Waals surface area (Å²) in [6, 6.07) is 7.19. The number of rotatable bonds is 7. The number of aromatic nitrogens is 3. The number of anilines is 1. The number of hydrogen-bond donors (Lipinski definition) is 3. The number of carbonyl (C=O) groups is 1. The Bertz CT molecular complexity index is 1790. The summed E-state index contributed by atoms with van der Waals surface area (Å²) < 4.78 is 72.4. The number of nitrogens with two attached hydrogens (primary N) is 1. The second-order valence-electron chi connectivity index (χ2n) is 7.41. The summed E-state index contributed by atoms with van der Waals surface area (Å²) in [6.45, 7) is 3.43. The van der Waals surface area contributed by atoms with Gasteiger partial charge in [-0.05, 0) is 50.2 Å². The zero-order valence-corrected chi connectivity index (χ0v) is 21.5. The number of hydrogen-bond acceptors (Lipinski definition) is 12. The lowest BCUT2D eigenvalue weighted by Gasteiger charge is -2.10. The van der Waals surface area contributed by atoms with Crippen LogP contribution in [0.3, 0.4) is 0 Å². The average Bonchev–Trinajstić information content (AvgIpc) is 3.35. The van der Waals surface area contributed by atoms with Gasteiger partial charge in [0.2, 0.25) is 5.13 Å². The van der Waals surface area contributed by atoms with Crippen LogP contribution in [0.1, 0.15) is 23.0 Å². The molecule has 17 heteroatoms. The van der Waals surface area contributed by atoms with Crippen molar-refractivity contribution >= 4 is 64.4 Å². The van der Waals surface area contributed by atoms with E-state index >= 15 is 0 Å². The summed E-state index contributed by atoms with van der Waals surface area (Å²) in [5, 5.41) is 12.4. The Kier molecular flexibility index (Phi) is 6.82. The Labute approximate surface area is 213 Å². The quantitative estimate of drug-likeness (QED) is 0.167. The van der Waals surface area contributed by atoms with Gasteiger partial charge in [-0.1, -0.05) is 11.3 Å². The van der Waals surface area contributed by atoms with Gasteiger partial charge >= 0.3 is 5.97 Å². The number of fused-ring (bicyclic) bond motifs is 1. The van der Waals surface area contributed by atoms with Crippen molar-refractivity contribution in [3.8, 4) is 5.69 Å². The van der Waals surface area contributed by atoms with Crippen LogP contribution >= 0.6 is 11.3 Å². The Morgan fingerprint density at radius 2 is 1.84 bits per heavy atom. The minimum Gasteiger partial charge on any atom is -0.462 e. The summed E-state index contributed by atoms with van der Waals surface area (Å²) in [7, 11) is -9.55. The zero-order valence-electron chi connectivity index (χ0n) is 19.1. The molecule has 4 rings (SSSR count). The molecule has 0 bridgehead atoms. The summed E-state index contributed by atoms with van der Waals surface area (Å²) in [6.07, 6.45) is 0. The van der Waals surface area contributed by atoms with Crippen LogP contribution in [-0.2, 0) is 25.0 Å². The number of carbonyl (C=O) groups excluding carboxylic acids is 1. The second kappa shape index (κ2) is 9.60. The lowest BCUT2D eigenvalue weighted by atomic mass is 10.2. The summed E-state index contributed by atoms with van der Waals surface area (Å²) >= 11 is 1.14. The van der Waals surface area contributed by atoms with E-state index < -0.39 is 41.7 Å². The fraction of sp³-hybridized carbons (Fsp3) is 0.150. The normalized spacial score (nSPS) is 12.4. The van der Waals surface area contributed by atoms with Gasteiger partial charge in [0.15, 0.2) is 11.5 Å². The van der Waals surface area contributed by atoms with Crippen molar-refractivity contribution in [3.05, 3.63) is 47.7 Å². The molecule has 0 atom stereocenters. The van der Waals surface area contributed by atoms with E-state index in [9.17, 15) is 30.7 Å². The maximum absolute atomic E-state index is 12.0. The third-order valence-corrected chi connectivity index (χ3v) is 7.57. The topological polar surface area (TPSA) is 216 Å². The molecule has 2 aromatic heterocycles. The van der Waals surface area contributed by atoms with Gasteiger partial charge in [0.25, 0.3) is 20.2 Å². The molecule has 0 radical (unpaired) electrons. The maximum Gasteiger partial charge on any atom is 0.338 e. The first-order valence-corrected chi connectivity index (χ1v) is 13.9. The molecule has 0 saturated heterocycles. The van der Waals surface area contributed by atoms with Crippen LogP contribution in [0.2, 0.25) is 0 Å². The van der Waals surface area contributed by atoms with E-state index in [2.05, 4.69) is 20.3 Å². The number of esters is 1. The van der Waals surface area contributed by atoms with Crippen molar-refractivity contribution in [1.82, 2.24) is 14.8 Å². The van der Waals surface area contributed by atoms with E-state index in [0.29, 0.717) is 15.8 Å². The van der Waals surface area contributed by atoms with Crippen LogP contribution in [-0.4, -0.2) is 53.3 Å². The molecule has 4 N–H and O–H groups in total. The molecular formula is C20H18N6O8S3. The Balaban J connectivity index is 1.75. The van der Waals surface area contributed by atoms with Crippen molar-refractivity contribution in [1.29, 1.82) is 0 Å². The van der Waals surface area contributed by atoms with Crippen LogP contribution in [0.25, 0.3) is 15.9 Å². The number of ether oxygens (including phenoxy) is 1. The smallest absolute Gasteiger partial charge is 0.338 e. The molecule has 4 aromatic rings. The highest BCUT2D eigenvalue weighted by molar-refractivity contribution is 7.86. The standard InChI is InChI=1S/C20H18N6O8S3/c1-3-34-19(27)11-4-6-13-15(8-11)35-20(22-13)24-23-17-10(2)25-26(18(17)21)14-9-12(36(28,29)30)5-7-16(14)37(31,32)33/h4-9H,3,21H2,1-2H3,(H,28,29,30)(H,31,32,33). The predicted octanol–water partition coefficient (Wildman–Crippen LogP) is 3.46. The third-order valence-electron chi connectivity index (χ3n) is 4.92. The van der Waals surface area contributed by atoms with Crippen molar-refractivity contribution in [3.63, 3.8) is 0 Å². The van der Waals surface area contributed by atoms with Crippen LogP contribution in [0.5, 0.6) is 0 Å². The molecule has 2 heterocycles. The molecule has 0 unspecified atom stereocenters. The van der Waals surface area contributed by atoms with Crippen molar-refractivity contribution in [2.45, 2.75) is 23.6 Å². The maximum atomic E-state index is 12.0. The van der Waals surface area contributed by atoms with E-state index in [1.54, 1.807) is 25.1 Å². The van der Waals surface area contributed by atoms with Crippen LogP contribution in [0.15, 0.2) is 56.4 Å². The van der Waals surface area contributed by atoms with Gasteiger partial charge in [0.1, 0.15) is 4.90 Å². The monoisotopic (exact) mass is 566 g/mol. The molecule has 0 aliphatic rings. The molecular weight excluding hydrogens is 548 g/mol. The highest BCUT2D eigenvalue weighted by Crippen LogP contribution is 2.35. The first-order valence-electron chi connectivity index (χ1n) is 10.2. The number of azo groups is 1. The zero-order chi connectivity index (χ0) is 27.1. The SMILES string of the molecule is CCOC(=O)c1ccc2nc(N=Nc3c(C)nn(-c4cc(S(=O)(=O)O)ccc4S(=O)(=O)O)c3N)sc2c1. The lowest BCUT2D eigenvalue weighted by molar-refractivity contribution is 0.0526. The van der Waals surface area contributed by atoms with E-state index in [-0.39, 0.29) is 28.9 Å². The first kappa shape index (κ1) is 26.3. The molecule has 0 aliphatic carbocycles. The minimum atomic E-state index is -4.84. The fourth-order valence-electron chi connectivity index (χ4n) is 3.27. The van der Waals surface area contributed by atoms with Gasteiger partial charge in [-0.3, -0.25) is 9.11 Å². The first-order chi connectivity index (χ1) is 17.3. The molecule has 0 fully saturated rings. The third kappa shape index (κ3) is 5.35. The van der Waals surface area contributed by atoms with Gasteiger partial charge in [-0.15, -0.1) is 10.2 Å².